The molecule has 3 aromatic heterocycles. The Morgan fingerprint density at radius 2 is 1.68 bits per heavy atom. The number of carbonyl (C=O) groups excluding carboxylic acids is 1. The molecule has 0 atom stereocenters. The summed E-state index contributed by atoms with van der Waals surface area (Å²) in [5.74, 6) is 0.938. The highest BCUT2D eigenvalue weighted by atomic mass is 16.5. The zero-order chi connectivity index (χ0) is 21.5. The topological polar surface area (TPSA) is 104 Å². The summed E-state index contributed by atoms with van der Waals surface area (Å²) in [5.41, 5.74) is 8.02. The van der Waals surface area contributed by atoms with Crippen molar-refractivity contribution >= 4 is 11.6 Å². The van der Waals surface area contributed by atoms with Crippen molar-refractivity contribution in [3.8, 4) is 23.0 Å². The van der Waals surface area contributed by atoms with E-state index in [2.05, 4.69) is 19.9 Å². The number of anilines is 1. The second kappa shape index (κ2) is 9.58. The summed E-state index contributed by atoms with van der Waals surface area (Å²) in [6.07, 6.45) is 6.85. The van der Waals surface area contributed by atoms with Gasteiger partial charge in [0.1, 0.15) is 11.4 Å². The number of Topliss-reactive ketones (excluding diaryl/α,β-unsaturated/α-hetero) is 1. The Morgan fingerprint density at radius 1 is 0.903 bits per heavy atom. The van der Waals surface area contributed by atoms with Gasteiger partial charge >= 0.3 is 0 Å². The van der Waals surface area contributed by atoms with E-state index < -0.39 is 0 Å². The van der Waals surface area contributed by atoms with Crippen LogP contribution in [0.4, 0.5) is 5.82 Å². The Kier molecular flexibility index (Phi) is 6.23. The van der Waals surface area contributed by atoms with Crippen LogP contribution in [0.5, 0.6) is 11.5 Å². The maximum absolute atomic E-state index is 13.1. The number of aromatic nitrogens is 4. The van der Waals surface area contributed by atoms with Gasteiger partial charge in [-0.3, -0.25) is 14.8 Å². The Balaban J connectivity index is 1.63. The molecule has 4 rings (SSSR count). The summed E-state index contributed by atoms with van der Waals surface area (Å²) in [6.45, 7) is 0. The first-order valence-corrected chi connectivity index (χ1v) is 9.94. The van der Waals surface area contributed by atoms with Gasteiger partial charge < -0.3 is 10.5 Å². The van der Waals surface area contributed by atoms with Crippen molar-refractivity contribution in [2.24, 2.45) is 0 Å². The van der Waals surface area contributed by atoms with Gasteiger partial charge in [0.05, 0.1) is 0 Å². The number of pyridine rings is 2. The van der Waals surface area contributed by atoms with E-state index in [0.717, 1.165) is 12.0 Å². The monoisotopic (exact) mass is 411 g/mol. The summed E-state index contributed by atoms with van der Waals surface area (Å²) in [4.78, 5) is 30.2. The van der Waals surface area contributed by atoms with Gasteiger partial charge in [-0.25, -0.2) is 9.97 Å². The van der Waals surface area contributed by atoms with Gasteiger partial charge in [0.25, 0.3) is 0 Å². The number of ketones is 1. The smallest absolute Gasteiger partial charge is 0.198 e. The lowest BCUT2D eigenvalue weighted by atomic mass is 10.1. The fraction of sp³-hybridized carbons (Fsp3) is 0.125. The molecule has 7 nitrogen and oxygen atoms in total. The summed E-state index contributed by atoms with van der Waals surface area (Å²) in [7, 11) is 0. The summed E-state index contributed by atoms with van der Waals surface area (Å²) < 4.78 is 5.92. The van der Waals surface area contributed by atoms with Gasteiger partial charge in [-0.2, -0.15) is 0 Å². The molecular weight excluding hydrogens is 390 g/mol. The van der Waals surface area contributed by atoms with Crippen LogP contribution in [0.2, 0.25) is 0 Å². The number of carbonyl (C=O) groups is 1. The van der Waals surface area contributed by atoms with Gasteiger partial charge in [0.2, 0.25) is 0 Å². The van der Waals surface area contributed by atoms with E-state index in [-0.39, 0.29) is 28.9 Å². The van der Waals surface area contributed by atoms with Gasteiger partial charge in [-0.05, 0) is 54.8 Å². The Morgan fingerprint density at radius 3 is 2.42 bits per heavy atom. The number of aryl methyl sites for hydroxylation is 1. The zero-order valence-corrected chi connectivity index (χ0v) is 16.8. The van der Waals surface area contributed by atoms with Crippen LogP contribution in [0.3, 0.4) is 0 Å². The Bertz CT molecular complexity index is 1150. The lowest BCUT2D eigenvalue weighted by Gasteiger charge is -2.13. The van der Waals surface area contributed by atoms with Crippen molar-refractivity contribution in [3.63, 3.8) is 0 Å². The highest BCUT2D eigenvalue weighted by Gasteiger charge is 2.22. The third kappa shape index (κ3) is 5.08. The number of nitrogens with zero attached hydrogens (tertiary/aromatic N) is 4. The third-order valence-electron chi connectivity index (χ3n) is 4.63. The number of benzene rings is 1. The van der Waals surface area contributed by atoms with E-state index in [9.17, 15) is 4.79 Å². The summed E-state index contributed by atoms with van der Waals surface area (Å²) >= 11 is 0. The van der Waals surface area contributed by atoms with E-state index in [1.165, 1.54) is 0 Å². The second-order valence-electron chi connectivity index (χ2n) is 6.87. The molecule has 0 saturated heterocycles. The minimum absolute atomic E-state index is 0.0944. The quantitative estimate of drug-likeness (QED) is 0.425. The van der Waals surface area contributed by atoms with Crippen molar-refractivity contribution in [1.82, 2.24) is 19.9 Å². The number of ether oxygens (including phenoxy) is 1. The molecule has 0 radical (unpaired) electrons. The first-order valence-electron chi connectivity index (χ1n) is 9.94. The van der Waals surface area contributed by atoms with Crippen LogP contribution in [0.15, 0.2) is 79.3 Å². The molecule has 0 spiro atoms. The van der Waals surface area contributed by atoms with E-state index >= 15 is 0 Å². The molecule has 1 aromatic carbocycles. The largest absolute Gasteiger partial charge is 0.451 e. The average Bonchev–Trinajstić information content (AvgIpc) is 2.82. The minimum Gasteiger partial charge on any atom is -0.451 e. The number of hydrogen-bond donors (Lipinski definition) is 1. The summed E-state index contributed by atoms with van der Waals surface area (Å²) in [5, 5.41) is 0. The van der Waals surface area contributed by atoms with Crippen LogP contribution in [0.25, 0.3) is 11.5 Å². The fourth-order valence-electron chi connectivity index (χ4n) is 3.09. The van der Waals surface area contributed by atoms with Crippen molar-refractivity contribution < 1.29 is 9.53 Å². The second-order valence-corrected chi connectivity index (χ2v) is 6.87. The van der Waals surface area contributed by atoms with Crippen LogP contribution in [-0.2, 0) is 6.42 Å². The van der Waals surface area contributed by atoms with Crippen LogP contribution in [0.1, 0.15) is 28.9 Å². The molecule has 7 heteroatoms. The molecular formula is C24H21N5O2. The first kappa shape index (κ1) is 20.2. The number of nitrogen functional groups attached to an aromatic ring is 1. The molecule has 31 heavy (non-hydrogen) atoms. The van der Waals surface area contributed by atoms with Gasteiger partial charge in [-0.15, -0.1) is 0 Å². The van der Waals surface area contributed by atoms with Crippen LogP contribution >= 0.6 is 0 Å². The molecule has 0 unspecified atom stereocenters. The number of hydrogen-bond acceptors (Lipinski definition) is 7. The molecule has 0 bridgehead atoms. The van der Waals surface area contributed by atoms with E-state index in [0.29, 0.717) is 24.3 Å². The van der Waals surface area contributed by atoms with Crippen molar-refractivity contribution in [3.05, 3.63) is 90.5 Å². The predicted octanol–water partition coefficient (Wildman–Crippen LogP) is 4.51. The fourth-order valence-corrected chi connectivity index (χ4v) is 3.09. The predicted molar refractivity (Wildman–Crippen MR) is 118 cm³/mol. The molecule has 0 fully saturated rings. The van der Waals surface area contributed by atoms with Gasteiger partial charge in [0, 0.05) is 25.0 Å². The number of nitrogens with two attached hydrogens (primary N) is 1. The number of para-hydroxylation sites is 1. The Hall–Kier alpha value is -4.13. The van der Waals surface area contributed by atoms with Crippen LogP contribution < -0.4 is 10.5 Å². The Labute approximate surface area is 180 Å². The minimum atomic E-state index is -0.161. The van der Waals surface area contributed by atoms with Gasteiger partial charge in [0.15, 0.2) is 28.9 Å². The normalized spacial score (nSPS) is 10.6. The van der Waals surface area contributed by atoms with E-state index in [1.807, 2.05) is 36.4 Å². The van der Waals surface area contributed by atoms with E-state index in [4.69, 9.17) is 10.5 Å². The molecule has 0 aliphatic heterocycles. The maximum atomic E-state index is 13.1. The highest BCUT2D eigenvalue weighted by molar-refractivity contribution is 5.98. The lowest BCUT2D eigenvalue weighted by Crippen LogP contribution is -2.11. The van der Waals surface area contributed by atoms with Crippen LogP contribution in [0, 0.1) is 0 Å². The molecule has 0 aliphatic rings. The third-order valence-corrected chi connectivity index (χ3v) is 4.63. The molecule has 0 aliphatic carbocycles. The molecule has 0 amide bonds. The lowest BCUT2D eigenvalue weighted by molar-refractivity contribution is 0.0973. The van der Waals surface area contributed by atoms with Crippen molar-refractivity contribution in [2.75, 3.05) is 5.73 Å². The molecule has 4 aromatic rings. The zero-order valence-electron chi connectivity index (χ0n) is 16.8. The summed E-state index contributed by atoms with van der Waals surface area (Å²) in [6, 6.07) is 18.4. The van der Waals surface area contributed by atoms with E-state index in [1.54, 1.807) is 42.9 Å². The van der Waals surface area contributed by atoms with Crippen molar-refractivity contribution in [1.29, 1.82) is 0 Å². The molecule has 0 saturated carbocycles. The van der Waals surface area contributed by atoms with Gasteiger partial charge in [-0.1, -0.05) is 24.3 Å². The maximum Gasteiger partial charge on any atom is 0.198 e. The van der Waals surface area contributed by atoms with Crippen molar-refractivity contribution in [2.45, 2.75) is 19.3 Å². The standard InChI is InChI=1S/C24H21N5O2/c25-23-22(31-18-8-2-1-3-9-18)21(28-24(29-23)19-10-4-5-14-27-19)20(30)11-6-7-17-12-15-26-16-13-17/h1-5,8-10,12-16H,6-7,11H2,(H2,25,28,29). The molecule has 2 N–H and O–H groups in total. The van der Waals surface area contributed by atoms with Crippen LogP contribution in [-0.4, -0.2) is 25.7 Å². The average molecular weight is 411 g/mol. The SMILES string of the molecule is Nc1nc(-c2ccccn2)nc(C(=O)CCCc2ccncc2)c1Oc1ccccc1. The number of rotatable bonds is 8. The first-order chi connectivity index (χ1) is 15.2. The molecule has 154 valence electrons. The highest BCUT2D eigenvalue weighted by Crippen LogP contribution is 2.32. The molecule has 3 heterocycles.